The molecule has 170 valence electrons. The zero-order valence-electron chi connectivity index (χ0n) is 18.5. The minimum atomic E-state index is -0.565. The Balaban J connectivity index is 1.70. The van der Waals surface area contributed by atoms with Gasteiger partial charge in [-0.25, -0.2) is 4.79 Å². The van der Waals surface area contributed by atoms with Gasteiger partial charge in [0.05, 0.1) is 33.5 Å². The lowest BCUT2D eigenvalue weighted by molar-refractivity contribution is 0.0494. The molecule has 0 saturated heterocycles. The fourth-order valence-electron chi connectivity index (χ4n) is 3.27. The zero-order valence-corrected chi connectivity index (χ0v) is 18.5. The first kappa shape index (κ1) is 23.3. The Hall–Kier alpha value is -4.32. The number of methoxy groups -OCH3 is 3. The van der Waals surface area contributed by atoms with Crippen molar-refractivity contribution in [2.75, 3.05) is 27.9 Å². The molecule has 0 bridgehead atoms. The maximum absolute atomic E-state index is 12.5. The second-order valence-corrected chi connectivity index (χ2v) is 6.89. The Morgan fingerprint density at radius 1 is 1.03 bits per heavy atom. The number of carbonyl (C=O) groups is 1. The Morgan fingerprint density at radius 3 is 2.27 bits per heavy atom. The van der Waals surface area contributed by atoms with Crippen molar-refractivity contribution in [1.29, 1.82) is 5.26 Å². The van der Waals surface area contributed by atoms with Gasteiger partial charge in [-0.2, -0.15) is 5.26 Å². The number of nitrogens with zero attached hydrogens (tertiary/aromatic N) is 3. The molecule has 1 aromatic carbocycles. The molecular weight excluding hydrogens is 426 g/mol. The number of pyridine rings is 2. The number of ether oxygens (including phenoxy) is 4. The van der Waals surface area contributed by atoms with Crippen molar-refractivity contribution in [2.45, 2.75) is 13.0 Å². The summed E-state index contributed by atoms with van der Waals surface area (Å²) < 4.78 is 22.6. The van der Waals surface area contributed by atoms with Crippen molar-refractivity contribution in [2.24, 2.45) is 0 Å². The van der Waals surface area contributed by atoms with Crippen LogP contribution in [0.3, 0.4) is 0 Å². The normalized spacial score (nSPS) is 10.2. The van der Waals surface area contributed by atoms with Crippen molar-refractivity contribution in [3.63, 3.8) is 0 Å². The molecule has 0 radical (unpaired) electrons. The number of hydrogen-bond acceptors (Lipinski definition) is 8. The Labute approximate surface area is 190 Å². The first-order chi connectivity index (χ1) is 16.0. The first-order valence-corrected chi connectivity index (χ1v) is 10.0. The van der Waals surface area contributed by atoms with Crippen LogP contribution in [0.5, 0.6) is 17.2 Å². The molecule has 0 aliphatic rings. The van der Waals surface area contributed by atoms with Gasteiger partial charge < -0.3 is 23.5 Å². The predicted octanol–water partition coefficient (Wildman–Crippen LogP) is 3.05. The van der Waals surface area contributed by atoms with Gasteiger partial charge in [0.25, 0.3) is 5.56 Å². The molecule has 0 aliphatic heterocycles. The van der Waals surface area contributed by atoms with Gasteiger partial charge >= 0.3 is 5.97 Å². The summed E-state index contributed by atoms with van der Waals surface area (Å²) in [5.41, 5.74) is 1.45. The van der Waals surface area contributed by atoms with Gasteiger partial charge in [0, 0.05) is 25.1 Å². The highest BCUT2D eigenvalue weighted by molar-refractivity contribution is 5.91. The van der Waals surface area contributed by atoms with Crippen LogP contribution in [0.4, 0.5) is 0 Å². The minimum Gasteiger partial charge on any atom is -0.493 e. The summed E-state index contributed by atoms with van der Waals surface area (Å²) in [6.45, 7) is 0.346. The van der Waals surface area contributed by atoms with Gasteiger partial charge in [0.15, 0.2) is 11.5 Å². The van der Waals surface area contributed by atoms with Crippen LogP contribution in [0, 0.1) is 11.3 Å². The van der Waals surface area contributed by atoms with E-state index in [0.717, 1.165) is 11.1 Å². The van der Waals surface area contributed by atoms with E-state index in [1.54, 1.807) is 36.8 Å². The number of esters is 1. The molecule has 2 aromatic heterocycles. The van der Waals surface area contributed by atoms with E-state index in [0.29, 0.717) is 23.7 Å². The van der Waals surface area contributed by atoms with Crippen LogP contribution in [0.25, 0.3) is 11.1 Å². The van der Waals surface area contributed by atoms with E-state index in [2.05, 4.69) is 4.98 Å². The highest BCUT2D eigenvalue weighted by atomic mass is 16.5. The lowest BCUT2D eigenvalue weighted by Crippen LogP contribution is -2.23. The van der Waals surface area contributed by atoms with Gasteiger partial charge in [-0.05, 0) is 47.9 Å². The molecule has 3 aromatic rings. The Bertz CT molecular complexity index is 1210. The third kappa shape index (κ3) is 5.30. The molecule has 0 spiro atoms. The van der Waals surface area contributed by atoms with Crippen molar-refractivity contribution in [3.8, 4) is 34.4 Å². The van der Waals surface area contributed by atoms with Gasteiger partial charge in [-0.1, -0.05) is 0 Å². The predicted molar refractivity (Wildman–Crippen MR) is 120 cm³/mol. The topological polar surface area (TPSA) is 113 Å². The number of hydrogen-bond donors (Lipinski definition) is 0. The van der Waals surface area contributed by atoms with E-state index in [9.17, 15) is 14.9 Å². The smallest absolute Gasteiger partial charge is 0.338 e. The average Bonchev–Trinajstić information content (AvgIpc) is 2.86. The summed E-state index contributed by atoms with van der Waals surface area (Å²) in [4.78, 5) is 29.0. The summed E-state index contributed by atoms with van der Waals surface area (Å²) in [6.07, 6.45) is 5.33. The Morgan fingerprint density at radius 2 is 1.70 bits per heavy atom. The molecule has 0 unspecified atom stereocenters. The summed E-state index contributed by atoms with van der Waals surface area (Å²) in [5, 5.41) is 9.33. The molecule has 9 nitrogen and oxygen atoms in total. The van der Waals surface area contributed by atoms with Crippen LogP contribution in [-0.2, 0) is 11.3 Å². The van der Waals surface area contributed by atoms with E-state index < -0.39 is 11.5 Å². The van der Waals surface area contributed by atoms with E-state index in [-0.39, 0.29) is 24.3 Å². The lowest BCUT2D eigenvalue weighted by atomic mass is 10.1. The van der Waals surface area contributed by atoms with E-state index >= 15 is 0 Å². The summed E-state index contributed by atoms with van der Waals surface area (Å²) >= 11 is 0. The van der Waals surface area contributed by atoms with Crippen LogP contribution in [0.15, 0.2) is 53.7 Å². The van der Waals surface area contributed by atoms with Gasteiger partial charge in [0.2, 0.25) is 5.75 Å². The van der Waals surface area contributed by atoms with Crippen LogP contribution in [-0.4, -0.2) is 43.5 Å². The van der Waals surface area contributed by atoms with Crippen LogP contribution in [0.2, 0.25) is 0 Å². The standard InChI is InChI=1S/C24H23N3O6/c1-30-20-12-17(13-21(31-2)22(20)32-3)24(29)33-10-4-9-27-15-19(11-18(14-25)23(27)28)16-5-7-26-8-6-16/h5-8,11-13,15H,4,9-10H2,1-3H3. The maximum Gasteiger partial charge on any atom is 0.338 e. The second kappa shape index (κ2) is 10.8. The zero-order chi connectivity index (χ0) is 23.8. The van der Waals surface area contributed by atoms with E-state index in [1.807, 2.05) is 6.07 Å². The van der Waals surface area contributed by atoms with Crippen LogP contribution < -0.4 is 19.8 Å². The van der Waals surface area contributed by atoms with E-state index in [4.69, 9.17) is 18.9 Å². The van der Waals surface area contributed by atoms with Crippen molar-refractivity contribution < 1.29 is 23.7 Å². The van der Waals surface area contributed by atoms with Gasteiger partial charge in [0.1, 0.15) is 11.6 Å². The third-order valence-electron chi connectivity index (χ3n) is 4.90. The lowest BCUT2D eigenvalue weighted by Gasteiger charge is -2.14. The molecule has 0 fully saturated rings. The highest BCUT2D eigenvalue weighted by Gasteiger charge is 2.18. The molecule has 0 aliphatic carbocycles. The summed E-state index contributed by atoms with van der Waals surface area (Å²) in [5.74, 6) is 0.489. The number of nitriles is 1. The molecule has 0 atom stereocenters. The fourth-order valence-corrected chi connectivity index (χ4v) is 3.27. The van der Waals surface area contributed by atoms with Crippen LogP contribution in [0.1, 0.15) is 22.3 Å². The molecular formula is C24H23N3O6. The second-order valence-electron chi connectivity index (χ2n) is 6.89. The molecule has 2 heterocycles. The minimum absolute atomic E-state index is 0.0405. The van der Waals surface area contributed by atoms with E-state index in [1.165, 1.54) is 38.0 Å². The fraction of sp³-hybridized carbons (Fsp3) is 0.250. The summed E-state index contributed by atoms with van der Waals surface area (Å²) in [6, 6.07) is 10.1. The number of carbonyl (C=O) groups excluding carboxylic acids is 1. The van der Waals surface area contributed by atoms with Crippen molar-refractivity contribution >= 4 is 5.97 Å². The quantitative estimate of drug-likeness (QED) is 0.362. The Kier molecular flexibility index (Phi) is 7.65. The van der Waals surface area contributed by atoms with Gasteiger partial charge in [-0.3, -0.25) is 9.78 Å². The molecule has 0 saturated carbocycles. The van der Waals surface area contributed by atoms with Crippen molar-refractivity contribution in [3.05, 3.63) is 70.4 Å². The highest BCUT2D eigenvalue weighted by Crippen LogP contribution is 2.38. The van der Waals surface area contributed by atoms with Crippen LogP contribution >= 0.6 is 0 Å². The average molecular weight is 449 g/mol. The first-order valence-electron chi connectivity index (χ1n) is 10.0. The third-order valence-corrected chi connectivity index (χ3v) is 4.90. The van der Waals surface area contributed by atoms with Crippen molar-refractivity contribution in [1.82, 2.24) is 9.55 Å². The number of aromatic nitrogens is 2. The number of aryl methyl sites for hydroxylation is 1. The number of benzene rings is 1. The summed E-state index contributed by atoms with van der Waals surface area (Å²) in [7, 11) is 4.39. The molecule has 33 heavy (non-hydrogen) atoms. The SMILES string of the molecule is COc1cc(C(=O)OCCCn2cc(-c3ccncc3)cc(C#N)c2=O)cc(OC)c1OC. The maximum atomic E-state index is 12.5. The number of rotatable bonds is 9. The molecule has 9 heteroatoms. The monoisotopic (exact) mass is 449 g/mol. The van der Waals surface area contributed by atoms with Gasteiger partial charge in [-0.15, -0.1) is 0 Å². The largest absolute Gasteiger partial charge is 0.493 e. The molecule has 0 N–H and O–H groups in total. The molecule has 3 rings (SSSR count). The molecule has 0 amide bonds.